The maximum absolute atomic E-state index is 12.4. The molecule has 3 aliphatic heterocycles. The molecule has 0 amide bonds. The molecule has 4 fully saturated rings. The third kappa shape index (κ3) is 4.77. The van der Waals surface area contributed by atoms with Gasteiger partial charge in [0.1, 0.15) is 6.04 Å². The lowest BCUT2D eigenvalue weighted by molar-refractivity contribution is -0.149. The van der Waals surface area contributed by atoms with Crippen LogP contribution in [0.25, 0.3) is 0 Å². The Bertz CT molecular complexity index is 511. The number of nitrogens with zero attached hydrogens (tertiary/aromatic N) is 2. The van der Waals surface area contributed by atoms with Crippen LogP contribution < -0.4 is 5.32 Å². The Morgan fingerprint density at radius 2 is 2.00 bits per heavy atom. The minimum Gasteiger partial charge on any atom is -0.468 e. The number of ether oxygens (including phenoxy) is 1. The van der Waals surface area contributed by atoms with Crippen LogP contribution in [0.5, 0.6) is 0 Å². The lowest BCUT2D eigenvalue weighted by atomic mass is 9.87. The van der Waals surface area contributed by atoms with Gasteiger partial charge in [-0.2, -0.15) is 11.8 Å². The van der Waals surface area contributed by atoms with Crippen LogP contribution in [0.15, 0.2) is 0 Å². The predicted molar refractivity (Wildman–Crippen MR) is 111 cm³/mol. The fraction of sp³-hybridized carbons (Fsp3) is 0.950. The number of carbonyl (C=O) groups excluding carboxylic acids is 1. The maximum Gasteiger partial charge on any atom is 0.323 e. The Labute approximate surface area is 172 Å². The second-order valence-corrected chi connectivity index (χ2v) is 10.8. The average Bonchev–Trinajstić information content (AvgIpc) is 3.32. The van der Waals surface area contributed by atoms with Crippen molar-refractivity contribution in [1.82, 2.24) is 15.1 Å². The minimum atomic E-state index is -0.0865. The zero-order valence-electron chi connectivity index (χ0n) is 16.4. The highest BCUT2D eigenvalue weighted by atomic mass is 35.5. The zero-order valence-corrected chi connectivity index (χ0v) is 18.0. The van der Waals surface area contributed by atoms with E-state index >= 15 is 0 Å². The quantitative estimate of drug-likeness (QED) is 0.550. The summed E-state index contributed by atoms with van der Waals surface area (Å²) in [6.45, 7) is 4.14. The fourth-order valence-corrected chi connectivity index (χ4v) is 7.00. The second kappa shape index (κ2) is 9.21. The summed E-state index contributed by atoms with van der Waals surface area (Å²) in [4.78, 5) is 17.5. The smallest absolute Gasteiger partial charge is 0.323 e. The summed E-state index contributed by atoms with van der Waals surface area (Å²) in [5, 5.41) is 4.76. The molecular formula is C20H34ClN3O2S. The summed E-state index contributed by atoms with van der Waals surface area (Å²) in [5.74, 6) is 1.99. The van der Waals surface area contributed by atoms with Crippen LogP contribution in [-0.2, 0) is 9.53 Å². The summed E-state index contributed by atoms with van der Waals surface area (Å²) in [6, 6.07) is 0.841. The molecule has 4 atom stereocenters. The van der Waals surface area contributed by atoms with Gasteiger partial charge in [-0.3, -0.25) is 19.9 Å². The average molecular weight is 416 g/mol. The number of halogens is 1. The number of fused-ring (bicyclic) bond motifs is 1. The van der Waals surface area contributed by atoms with E-state index in [1.807, 2.05) is 0 Å². The first-order valence-corrected chi connectivity index (χ1v) is 12.2. The van der Waals surface area contributed by atoms with Crippen molar-refractivity contribution >= 4 is 29.3 Å². The zero-order chi connectivity index (χ0) is 18.8. The SMILES string of the molecule is COC(=O)C1CC2NCN(CC3CCC(Cl)CC3)C2CN1CC1CCCS1. The Hall–Kier alpha value is -0.0100. The first-order valence-electron chi connectivity index (χ1n) is 10.7. The molecule has 5 nitrogen and oxygen atoms in total. The molecule has 27 heavy (non-hydrogen) atoms. The van der Waals surface area contributed by atoms with Crippen LogP contribution in [0.4, 0.5) is 0 Å². The molecule has 0 aromatic carbocycles. The largest absolute Gasteiger partial charge is 0.468 e. The molecular weight excluding hydrogens is 382 g/mol. The van der Waals surface area contributed by atoms with Gasteiger partial charge >= 0.3 is 5.97 Å². The van der Waals surface area contributed by atoms with Crippen molar-refractivity contribution in [2.24, 2.45) is 5.92 Å². The number of hydrogen-bond donors (Lipinski definition) is 1. The number of esters is 1. The predicted octanol–water partition coefficient (Wildman–Crippen LogP) is 2.53. The second-order valence-electron chi connectivity index (χ2n) is 8.79. The van der Waals surface area contributed by atoms with Gasteiger partial charge in [0, 0.05) is 49.0 Å². The summed E-state index contributed by atoms with van der Waals surface area (Å²) >= 11 is 8.37. The molecule has 1 aliphatic carbocycles. The van der Waals surface area contributed by atoms with Gasteiger partial charge < -0.3 is 4.74 Å². The van der Waals surface area contributed by atoms with Crippen molar-refractivity contribution in [2.75, 3.05) is 39.2 Å². The highest BCUT2D eigenvalue weighted by Gasteiger charge is 2.45. The molecule has 1 N–H and O–H groups in total. The molecule has 0 radical (unpaired) electrons. The van der Waals surface area contributed by atoms with Gasteiger partial charge in [-0.15, -0.1) is 11.6 Å². The number of methoxy groups -OCH3 is 1. The first-order chi connectivity index (χ1) is 13.1. The number of carbonyl (C=O) groups is 1. The molecule has 7 heteroatoms. The molecule has 0 bridgehead atoms. The molecule has 3 saturated heterocycles. The maximum atomic E-state index is 12.4. The van der Waals surface area contributed by atoms with Crippen molar-refractivity contribution < 1.29 is 9.53 Å². The summed E-state index contributed by atoms with van der Waals surface area (Å²) in [5.41, 5.74) is 0. The Morgan fingerprint density at radius 1 is 1.19 bits per heavy atom. The number of likely N-dealkylation sites (tertiary alicyclic amines) is 1. The lowest BCUT2D eigenvalue weighted by Gasteiger charge is -2.43. The molecule has 154 valence electrons. The Balaban J connectivity index is 1.39. The molecule has 4 rings (SSSR count). The van der Waals surface area contributed by atoms with Gasteiger partial charge in [-0.05, 0) is 56.6 Å². The van der Waals surface area contributed by atoms with Gasteiger partial charge in [0.2, 0.25) is 0 Å². The molecule has 4 aliphatic rings. The molecule has 4 unspecified atom stereocenters. The van der Waals surface area contributed by atoms with Crippen LogP contribution in [-0.4, -0.2) is 83.7 Å². The third-order valence-corrected chi connectivity index (χ3v) is 8.85. The summed E-state index contributed by atoms with van der Waals surface area (Å²) in [6.07, 6.45) is 8.32. The minimum absolute atomic E-state index is 0.0582. The number of alkyl halides is 1. The summed E-state index contributed by atoms with van der Waals surface area (Å²) < 4.78 is 5.15. The van der Waals surface area contributed by atoms with E-state index in [-0.39, 0.29) is 12.0 Å². The van der Waals surface area contributed by atoms with Gasteiger partial charge in [-0.1, -0.05) is 0 Å². The molecule has 3 heterocycles. The fourth-order valence-electron chi connectivity index (χ4n) is 5.45. The van der Waals surface area contributed by atoms with Gasteiger partial charge in [0.15, 0.2) is 0 Å². The summed E-state index contributed by atoms with van der Waals surface area (Å²) in [7, 11) is 1.53. The number of piperidine rings is 1. The van der Waals surface area contributed by atoms with Crippen LogP contribution in [0.1, 0.15) is 44.9 Å². The van der Waals surface area contributed by atoms with Crippen molar-refractivity contribution in [2.45, 2.75) is 73.7 Å². The van der Waals surface area contributed by atoms with E-state index in [0.717, 1.165) is 44.9 Å². The van der Waals surface area contributed by atoms with E-state index in [9.17, 15) is 4.79 Å². The van der Waals surface area contributed by atoms with Gasteiger partial charge in [0.25, 0.3) is 0 Å². The molecule has 0 aromatic rings. The highest BCUT2D eigenvalue weighted by Crippen LogP contribution is 2.33. The van der Waals surface area contributed by atoms with E-state index in [1.54, 1.807) is 0 Å². The van der Waals surface area contributed by atoms with Gasteiger partial charge in [0.05, 0.1) is 7.11 Å². The number of hydrogen-bond acceptors (Lipinski definition) is 6. The number of thioether (sulfide) groups is 1. The van der Waals surface area contributed by atoms with E-state index in [1.165, 1.54) is 45.1 Å². The van der Waals surface area contributed by atoms with Crippen LogP contribution in [0.2, 0.25) is 0 Å². The van der Waals surface area contributed by atoms with E-state index in [4.69, 9.17) is 16.3 Å². The molecule has 1 saturated carbocycles. The highest BCUT2D eigenvalue weighted by molar-refractivity contribution is 8.00. The number of rotatable bonds is 5. The van der Waals surface area contributed by atoms with E-state index in [0.29, 0.717) is 22.7 Å². The monoisotopic (exact) mass is 415 g/mol. The van der Waals surface area contributed by atoms with Crippen LogP contribution >= 0.6 is 23.4 Å². The third-order valence-electron chi connectivity index (χ3n) is 7.03. The van der Waals surface area contributed by atoms with Gasteiger partial charge in [-0.25, -0.2) is 0 Å². The molecule has 0 aromatic heterocycles. The van der Waals surface area contributed by atoms with Crippen molar-refractivity contribution in [1.29, 1.82) is 0 Å². The normalized spacial score (nSPS) is 40.8. The number of nitrogens with one attached hydrogen (secondary N) is 1. The van der Waals surface area contributed by atoms with Crippen molar-refractivity contribution in [3.63, 3.8) is 0 Å². The van der Waals surface area contributed by atoms with Crippen molar-refractivity contribution in [3.05, 3.63) is 0 Å². The molecule has 0 spiro atoms. The standard InChI is InChI=1S/C20H34ClN3O2S/c1-26-20(25)18-9-17-19(12-23(18)11-16-3-2-8-27-16)24(13-22-17)10-14-4-6-15(21)7-5-14/h14-19,22H,2-13H2,1H3. The van der Waals surface area contributed by atoms with Crippen molar-refractivity contribution in [3.8, 4) is 0 Å². The van der Waals surface area contributed by atoms with E-state index < -0.39 is 0 Å². The van der Waals surface area contributed by atoms with Crippen LogP contribution in [0.3, 0.4) is 0 Å². The first kappa shape index (κ1) is 20.3. The lowest BCUT2D eigenvalue weighted by Crippen LogP contribution is -2.59. The van der Waals surface area contributed by atoms with Crippen LogP contribution in [0, 0.1) is 5.92 Å². The van der Waals surface area contributed by atoms with E-state index in [2.05, 4.69) is 26.9 Å². The Morgan fingerprint density at radius 3 is 2.70 bits per heavy atom. The topological polar surface area (TPSA) is 44.8 Å². The Kier molecular flexibility index (Phi) is 6.91.